The second kappa shape index (κ2) is 5.75. The first-order chi connectivity index (χ1) is 15.9. The predicted octanol–water partition coefficient (Wildman–Crippen LogP) is 9.10. The van der Waals surface area contributed by atoms with Crippen LogP contribution in [0.2, 0.25) is 0 Å². The molecule has 0 heteroatoms. The van der Waals surface area contributed by atoms with Gasteiger partial charge in [0.25, 0.3) is 0 Å². The van der Waals surface area contributed by atoms with Gasteiger partial charge in [0.15, 0.2) is 0 Å². The van der Waals surface area contributed by atoms with Gasteiger partial charge >= 0.3 is 0 Å². The lowest BCUT2D eigenvalue weighted by molar-refractivity contribution is 1.68. The summed E-state index contributed by atoms with van der Waals surface area (Å²) in [4.78, 5) is 0. The van der Waals surface area contributed by atoms with E-state index >= 15 is 0 Å². The van der Waals surface area contributed by atoms with Crippen LogP contribution in [-0.4, -0.2) is 0 Å². The Morgan fingerprint density at radius 3 is 1.66 bits per heavy atom. The van der Waals surface area contributed by atoms with Crippen molar-refractivity contribution in [1.29, 1.82) is 0 Å². The van der Waals surface area contributed by atoms with E-state index in [-0.39, 0.29) is 0 Å². The minimum Gasteiger partial charge on any atom is -0.0622 e. The van der Waals surface area contributed by atoms with Crippen molar-refractivity contribution in [2.24, 2.45) is 0 Å². The molecule has 0 saturated carbocycles. The zero-order chi connectivity index (χ0) is 20.8. The summed E-state index contributed by atoms with van der Waals surface area (Å²) in [5, 5.41) is 13.6. The van der Waals surface area contributed by atoms with E-state index in [1.807, 2.05) is 0 Å². The third kappa shape index (κ3) is 1.93. The van der Waals surface area contributed by atoms with Gasteiger partial charge in [-0.25, -0.2) is 0 Å². The van der Waals surface area contributed by atoms with E-state index in [2.05, 4.69) is 109 Å². The Hall–Kier alpha value is -4.16. The Labute approximate surface area is 185 Å². The van der Waals surface area contributed by atoms with Crippen molar-refractivity contribution in [3.8, 4) is 22.3 Å². The maximum absolute atomic E-state index is 2.41. The maximum atomic E-state index is 2.41. The number of hydrogen-bond acceptors (Lipinski definition) is 0. The van der Waals surface area contributed by atoms with E-state index < -0.39 is 0 Å². The monoisotopic (exact) mass is 402 g/mol. The standard InChI is InChI=1S/C32H18/c1-2-8-19(9-3-1)27-18-23-17-21-11-5-7-13-25(21)31-29(23)32-26(27)15-14-22-16-20-10-4-6-12-24(20)30(31)28(22)32/h1-18H. The van der Waals surface area contributed by atoms with Gasteiger partial charge in [0.1, 0.15) is 0 Å². The summed E-state index contributed by atoms with van der Waals surface area (Å²) in [5.41, 5.74) is 5.41. The highest BCUT2D eigenvalue weighted by atomic mass is 14.3. The molecule has 1 aliphatic rings. The van der Waals surface area contributed by atoms with E-state index in [0.29, 0.717) is 0 Å². The Balaban J connectivity index is 1.73. The summed E-state index contributed by atoms with van der Waals surface area (Å²) < 4.78 is 0. The highest BCUT2D eigenvalue weighted by molar-refractivity contribution is 6.41. The van der Waals surface area contributed by atoms with Crippen molar-refractivity contribution in [1.82, 2.24) is 0 Å². The molecule has 0 bridgehead atoms. The van der Waals surface area contributed by atoms with Gasteiger partial charge in [-0.15, -0.1) is 0 Å². The summed E-state index contributed by atoms with van der Waals surface area (Å²) in [5.74, 6) is 0. The van der Waals surface area contributed by atoms with Gasteiger partial charge in [0.2, 0.25) is 0 Å². The largest absolute Gasteiger partial charge is 0.0622 e. The van der Waals surface area contributed by atoms with E-state index in [1.54, 1.807) is 0 Å². The normalized spacial score (nSPS) is 12.4. The molecule has 0 unspecified atom stereocenters. The number of hydrogen-bond donors (Lipinski definition) is 0. The molecule has 8 rings (SSSR count). The van der Waals surface area contributed by atoms with E-state index in [9.17, 15) is 0 Å². The first-order valence-electron chi connectivity index (χ1n) is 11.2. The van der Waals surface area contributed by atoms with Crippen LogP contribution in [0.15, 0.2) is 109 Å². The Bertz CT molecular complexity index is 1870. The summed E-state index contributed by atoms with van der Waals surface area (Å²) >= 11 is 0. The second-order valence-electron chi connectivity index (χ2n) is 8.92. The minimum absolute atomic E-state index is 1.28. The predicted molar refractivity (Wildman–Crippen MR) is 138 cm³/mol. The average Bonchev–Trinajstić information content (AvgIpc) is 3.22. The molecule has 0 spiro atoms. The lowest BCUT2D eigenvalue weighted by Crippen LogP contribution is -1.85. The van der Waals surface area contributed by atoms with Crippen molar-refractivity contribution >= 4 is 53.9 Å². The van der Waals surface area contributed by atoms with Gasteiger partial charge in [-0.05, 0) is 94.3 Å². The van der Waals surface area contributed by atoms with Crippen molar-refractivity contribution in [2.75, 3.05) is 0 Å². The molecule has 0 aliphatic heterocycles. The Morgan fingerprint density at radius 2 is 0.938 bits per heavy atom. The van der Waals surface area contributed by atoms with Gasteiger partial charge in [-0.2, -0.15) is 0 Å². The molecule has 0 saturated heterocycles. The third-order valence-corrected chi connectivity index (χ3v) is 7.28. The van der Waals surface area contributed by atoms with Crippen LogP contribution >= 0.6 is 0 Å². The molecule has 0 atom stereocenters. The zero-order valence-corrected chi connectivity index (χ0v) is 17.4. The molecule has 0 nitrogen and oxygen atoms in total. The summed E-state index contributed by atoms with van der Waals surface area (Å²) in [6.07, 6.45) is 0. The van der Waals surface area contributed by atoms with Crippen molar-refractivity contribution < 1.29 is 0 Å². The maximum Gasteiger partial charge on any atom is -0.000761 e. The van der Waals surface area contributed by atoms with Crippen molar-refractivity contribution in [3.63, 3.8) is 0 Å². The van der Waals surface area contributed by atoms with Gasteiger partial charge in [0.05, 0.1) is 0 Å². The molecule has 0 N–H and O–H groups in total. The molecule has 1 aliphatic carbocycles. The molecular formula is C32H18. The summed E-state index contributed by atoms with van der Waals surface area (Å²) in [7, 11) is 0. The fraction of sp³-hybridized carbons (Fsp3) is 0. The molecule has 7 aromatic carbocycles. The van der Waals surface area contributed by atoms with Crippen LogP contribution in [0, 0.1) is 0 Å². The SMILES string of the molecule is c1ccc(-c2cc3cc4ccccc4c4c3c3c2ccc2cc5ccccc5c-4c23)cc1. The van der Waals surface area contributed by atoms with Crippen LogP contribution in [0.4, 0.5) is 0 Å². The summed E-state index contributed by atoms with van der Waals surface area (Å²) in [6, 6.07) is 40.4. The smallest absolute Gasteiger partial charge is 0.000761 e. The van der Waals surface area contributed by atoms with Crippen LogP contribution in [0.25, 0.3) is 76.1 Å². The number of fused-ring (bicyclic) bond motifs is 5. The van der Waals surface area contributed by atoms with Crippen LogP contribution < -0.4 is 0 Å². The zero-order valence-electron chi connectivity index (χ0n) is 17.4. The van der Waals surface area contributed by atoms with Gasteiger partial charge < -0.3 is 0 Å². The Kier molecular flexibility index (Phi) is 2.97. The molecule has 32 heavy (non-hydrogen) atoms. The first kappa shape index (κ1) is 16.5. The van der Waals surface area contributed by atoms with Crippen LogP contribution in [0.3, 0.4) is 0 Å². The van der Waals surface area contributed by atoms with Gasteiger partial charge in [0, 0.05) is 0 Å². The molecule has 7 aromatic rings. The fourth-order valence-corrected chi connectivity index (χ4v) is 6.01. The van der Waals surface area contributed by atoms with Gasteiger partial charge in [-0.3, -0.25) is 0 Å². The number of benzene rings is 7. The molecule has 146 valence electrons. The third-order valence-electron chi connectivity index (χ3n) is 7.28. The molecular weight excluding hydrogens is 384 g/mol. The lowest BCUT2D eigenvalue weighted by atomic mass is 9.91. The van der Waals surface area contributed by atoms with Crippen molar-refractivity contribution in [2.45, 2.75) is 0 Å². The summed E-state index contributed by atoms with van der Waals surface area (Å²) in [6.45, 7) is 0. The second-order valence-corrected chi connectivity index (χ2v) is 8.92. The molecule has 0 amide bonds. The molecule has 0 aromatic heterocycles. The van der Waals surface area contributed by atoms with Crippen LogP contribution in [0.1, 0.15) is 0 Å². The molecule has 0 fully saturated rings. The highest BCUT2D eigenvalue weighted by Gasteiger charge is 2.26. The lowest BCUT2D eigenvalue weighted by Gasteiger charge is -2.12. The minimum atomic E-state index is 1.28. The quantitative estimate of drug-likeness (QED) is 0.190. The molecule has 0 radical (unpaired) electrons. The van der Waals surface area contributed by atoms with E-state index in [4.69, 9.17) is 0 Å². The first-order valence-corrected chi connectivity index (χ1v) is 11.2. The van der Waals surface area contributed by atoms with Gasteiger partial charge in [-0.1, -0.05) is 91.0 Å². The highest BCUT2D eigenvalue weighted by Crippen LogP contribution is 2.54. The Morgan fingerprint density at radius 1 is 0.344 bits per heavy atom. The topological polar surface area (TPSA) is 0 Å². The fourth-order valence-electron chi connectivity index (χ4n) is 6.01. The van der Waals surface area contributed by atoms with Crippen LogP contribution in [-0.2, 0) is 0 Å². The number of rotatable bonds is 1. The molecule has 0 heterocycles. The average molecular weight is 402 g/mol. The van der Waals surface area contributed by atoms with Crippen molar-refractivity contribution in [3.05, 3.63) is 109 Å². The van der Waals surface area contributed by atoms with E-state index in [0.717, 1.165) is 0 Å². The van der Waals surface area contributed by atoms with Crippen LogP contribution in [0.5, 0.6) is 0 Å². The van der Waals surface area contributed by atoms with E-state index in [1.165, 1.54) is 76.1 Å².